The number of aromatic nitrogens is 1. The van der Waals surface area contributed by atoms with E-state index in [1.165, 1.54) is 12.3 Å². The molecule has 0 aliphatic rings. The van der Waals surface area contributed by atoms with E-state index in [0.717, 1.165) is 0 Å². The SMILES string of the molecule is OB(O)c1cc(Br)cnc1F. The van der Waals surface area contributed by atoms with Crippen molar-refractivity contribution in [2.75, 3.05) is 0 Å². The highest BCUT2D eigenvalue weighted by Crippen LogP contribution is 2.05. The minimum absolute atomic E-state index is 0.237. The zero-order valence-corrected chi connectivity index (χ0v) is 6.92. The van der Waals surface area contributed by atoms with Gasteiger partial charge in [0.2, 0.25) is 5.95 Å². The third kappa shape index (κ3) is 1.98. The molecule has 0 atom stereocenters. The maximum Gasteiger partial charge on any atom is 0.493 e. The molecule has 0 saturated heterocycles. The lowest BCUT2D eigenvalue weighted by molar-refractivity contribution is 0.422. The molecule has 3 nitrogen and oxygen atoms in total. The Morgan fingerprint density at radius 1 is 1.55 bits per heavy atom. The van der Waals surface area contributed by atoms with E-state index in [2.05, 4.69) is 20.9 Å². The maximum absolute atomic E-state index is 12.6. The summed E-state index contributed by atoms with van der Waals surface area (Å²) in [6, 6.07) is 1.26. The summed E-state index contributed by atoms with van der Waals surface area (Å²) in [6.07, 6.45) is 1.24. The fraction of sp³-hybridized carbons (Fsp3) is 0. The van der Waals surface area contributed by atoms with Crippen LogP contribution in [0, 0.1) is 5.95 Å². The molecule has 0 radical (unpaired) electrons. The van der Waals surface area contributed by atoms with Crippen LogP contribution in [0.2, 0.25) is 0 Å². The Morgan fingerprint density at radius 3 is 2.64 bits per heavy atom. The van der Waals surface area contributed by atoms with Gasteiger partial charge in [-0.25, -0.2) is 4.98 Å². The number of halogens is 2. The van der Waals surface area contributed by atoms with Gasteiger partial charge in [0.1, 0.15) is 0 Å². The zero-order chi connectivity index (χ0) is 8.43. The van der Waals surface area contributed by atoms with Crippen molar-refractivity contribution < 1.29 is 14.4 Å². The summed E-state index contributed by atoms with van der Waals surface area (Å²) in [6.45, 7) is 0. The molecule has 11 heavy (non-hydrogen) atoms. The van der Waals surface area contributed by atoms with Gasteiger partial charge in [0, 0.05) is 16.1 Å². The molecule has 0 aliphatic carbocycles. The van der Waals surface area contributed by atoms with Crippen LogP contribution in [0.5, 0.6) is 0 Å². The molecule has 0 unspecified atom stereocenters. The van der Waals surface area contributed by atoms with Crippen molar-refractivity contribution in [2.45, 2.75) is 0 Å². The fourth-order valence-electron chi connectivity index (χ4n) is 0.619. The van der Waals surface area contributed by atoms with E-state index in [4.69, 9.17) is 10.0 Å². The number of hydrogen-bond acceptors (Lipinski definition) is 3. The molecular formula is C5H4BBrFNO2. The van der Waals surface area contributed by atoms with Crippen LogP contribution in [0.15, 0.2) is 16.7 Å². The Morgan fingerprint density at radius 2 is 2.18 bits per heavy atom. The third-order valence-electron chi connectivity index (χ3n) is 1.11. The van der Waals surface area contributed by atoms with E-state index in [-0.39, 0.29) is 5.46 Å². The molecule has 0 saturated carbocycles. The number of nitrogens with zero attached hydrogens (tertiary/aromatic N) is 1. The third-order valence-corrected chi connectivity index (χ3v) is 1.54. The van der Waals surface area contributed by atoms with Gasteiger partial charge in [0.25, 0.3) is 0 Å². The molecule has 0 spiro atoms. The number of hydrogen-bond donors (Lipinski definition) is 2. The standard InChI is InChI=1S/C5H4BBrFNO2/c7-3-1-4(6(10)11)5(8)9-2-3/h1-2,10-11H. The minimum Gasteiger partial charge on any atom is -0.423 e. The van der Waals surface area contributed by atoms with Crippen LogP contribution in [-0.4, -0.2) is 22.2 Å². The van der Waals surface area contributed by atoms with Gasteiger partial charge in [-0.05, 0) is 22.0 Å². The summed E-state index contributed by atoms with van der Waals surface area (Å²) in [5.41, 5.74) is -0.237. The van der Waals surface area contributed by atoms with E-state index in [1.54, 1.807) is 0 Å². The molecule has 0 bridgehead atoms. The summed E-state index contributed by atoms with van der Waals surface area (Å²) < 4.78 is 13.1. The van der Waals surface area contributed by atoms with Crippen molar-refractivity contribution in [1.82, 2.24) is 4.98 Å². The summed E-state index contributed by atoms with van der Waals surface area (Å²) in [5.74, 6) is -0.872. The van der Waals surface area contributed by atoms with Crippen LogP contribution in [0.25, 0.3) is 0 Å². The van der Waals surface area contributed by atoms with Gasteiger partial charge in [-0.3, -0.25) is 0 Å². The topological polar surface area (TPSA) is 53.4 Å². The van der Waals surface area contributed by atoms with Gasteiger partial charge in [0.05, 0.1) is 0 Å². The van der Waals surface area contributed by atoms with Crippen molar-refractivity contribution in [3.63, 3.8) is 0 Å². The average molecular weight is 220 g/mol. The first-order chi connectivity index (χ1) is 5.11. The van der Waals surface area contributed by atoms with E-state index < -0.39 is 13.1 Å². The molecule has 0 aliphatic heterocycles. The smallest absolute Gasteiger partial charge is 0.423 e. The van der Waals surface area contributed by atoms with Crippen LogP contribution in [0.1, 0.15) is 0 Å². The largest absolute Gasteiger partial charge is 0.493 e. The molecular weight excluding hydrogens is 216 g/mol. The lowest BCUT2D eigenvalue weighted by Gasteiger charge is -1.99. The highest BCUT2D eigenvalue weighted by atomic mass is 79.9. The van der Waals surface area contributed by atoms with Gasteiger partial charge >= 0.3 is 7.12 Å². The predicted octanol–water partition coefficient (Wildman–Crippen LogP) is -0.337. The highest BCUT2D eigenvalue weighted by Gasteiger charge is 2.17. The molecule has 1 aromatic rings. The maximum atomic E-state index is 12.6. The first kappa shape index (κ1) is 8.64. The summed E-state index contributed by atoms with van der Waals surface area (Å²) in [7, 11) is -1.82. The Labute approximate surface area is 71.2 Å². The van der Waals surface area contributed by atoms with Crippen molar-refractivity contribution in [3.8, 4) is 0 Å². The molecule has 0 aromatic carbocycles. The van der Waals surface area contributed by atoms with E-state index in [9.17, 15) is 4.39 Å². The molecule has 2 N–H and O–H groups in total. The van der Waals surface area contributed by atoms with Gasteiger partial charge in [-0.15, -0.1) is 0 Å². The number of rotatable bonds is 1. The van der Waals surface area contributed by atoms with Crippen LogP contribution >= 0.6 is 15.9 Å². The normalized spacial score (nSPS) is 9.82. The van der Waals surface area contributed by atoms with Gasteiger partial charge in [0.15, 0.2) is 0 Å². The molecule has 1 rings (SSSR count). The summed E-state index contributed by atoms with van der Waals surface area (Å²) in [4.78, 5) is 3.27. The zero-order valence-electron chi connectivity index (χ0n) is 5.33. The summed E-state index contributed by atoms with van der Waals surface area (Å²) >= 11 is 3.01. The minimum atomic E-state index is -1.82. The molecule has 0 amide bonds. The Hall–Kier alpha value is -0.455. The monoisotopic (exact) mass is 219 g/mol. The van der Waals surface area contributed by atoms with Crippen LogP contribution < -0.4 is 5.46 Å². The van der Waals surface area contributed by atoms with Gasteiger partial charge < -0.3 is 10.0 Å². The van der Waals surface area contributed by atoms with Crippen molar-refractivity contribution in [3.05, 3.63) is 22.7 Å². The van der Waals surface area contributed by atoms with Gasteiger partial charge in [-0.2, -0.15) is 4.39 Å². The van der Waals surface area contributed by atoms with Crippen molar-refractivity contribution in [1.29, 1.82) is 0 Å². The second-order valence-electron chi connectivity index (χ2n) is 1.91. The quantitative estimate of drug-likeness (QED) is 0.502. The van der Waals surface area contributed by atoms with Crippen LogP contribution in [0.4, 0.5) is 4.39 Å². The molecule has 1 aromatic heterocycles. The van der Waals surface area contributed by atoms with Crippen molar-refractivity contribution in [2.24, 2.45) is 0 Å². The Balaban J connectivity index is 3.13. The van der Waals surface area contributed by atoms with E-state index >= 15 is 0 Å². The Kier molecular flexibility index (Phi) is 2.59. The fourth-order valence-corrected chi connectivity index (χ4v) is 0.968. The summed E-state index contributed by atoms with van der Waals surface area (Å²) in [5, 5.41) is 17.2. The Bertz CT molecular complexity index is 271. The predicted molar refractivity (Wildman–Crippen MR) is 41.7 cm³/mol. The van der Waals surface area contributed by atoms with Crippen LogP contribution in [-0.2, 0) is 0 Å². The van der Waals surface area contributed by atoms with E-state index in [1.807, 2.05) is 0 Å². The number of pyridine rings is 1. The van der Waals surface area contributed by atoms with Gasteiger partial charge in [-0.1, -0.05) is 0 Å². The lowest BCUT2D eigenvalue weighted by atomic mass is 9.81. The highest BCUT2D eigenvalue weighted by molar-refractivity contribution is 9.10. The lowest BCUT2D eigenvalue weighted by Crippen LogP contribution is -2.33. The molecule has 0 fully saturated rings. The molecule has 58 valence electrons. The molecule has 6 heteroatoms. The second-order valence-corrected chi connectivity index (χ2v) is 2.82. The second kappa shape index (κ2) is 3.29. The van der Waals surface area contributed by atoms with Crippen LogP contribution in [0.3, 0.4) is 0 Å². The van der Waals surface area contributed by atoms with Crippen molar-refractivity contribution >= 4 is 28.5 Å². The van der Waals surface area contributed by atoms with E-state index in [0.29, 0.717) is 4.47 Å². The first-order valence-electron chi connectivity index (χ1n) is 2.78. The average Bonchev–Trinajstić information content (AvgIpc) is 1.94. The first-order valence-corrected chi connectivity index (χ1v) is 3.57. The molecule has 1 heterocycles.